The lowest BCUT2D eigenvalue weighted by Gasteiger charge is -2.37. The minimum Gasteiger partial charge on any atom is -0.497 e. The van der Waals surface area contributed by atoms with E-state index in [1.54, 1.807) is 66.7 Å². The smallest absolute Gasteiger partial charge is 0.305 e. The summed E-state index contributed by atoms with van der Waals surface area (Å²) >= 11 is 0. The Labute approximate surface area is 355 Å². The van der Waals surface area contributed by atoms with Gasteiger partial charge in [0.15, 0.2) is 11.5 Å². The lowest BCUT2D eigenvalue weighted by Crippen LogP contribution is -2.62. The van der Waals surface area contributed by atoms with Gasteiger partial charge in [-0.25, -0.2) is 0 Å². The molecular weight excluding hydrogens is 789 g/mol. The summed E-state index contributed by atoms with van der Waals surface area (Å²) in [4.78, 5) is 102. The quantitative estimate of drug-likeness (QED) is 0.293. The number of amides is 6. The molecule has 17 nitrogen and oxygen atoms in total. The van der Waals surface area contributed by atoms with Crippen molar-refractivity contribution in [2.24, 2.45) is 0 Å². The van der Waals surface area contributed by atoms with E-state index in [9.17, 15) is 33.6 Å². The first-order valence-electron chi connectivity index (χ1n) is 19.9. The lowest BCUT2D eigenvalue weighted by atomic mass is 9.98. The maximum absolute atomic E-state index is 14.8. The van der Waals surface area contributed by atoms with Gasteiger partial charge in [0.25, 0.3) is 0 Å². The number of nitrogens with zero attached hydrogens (tertiary/aromatic N) is 3. The highest BCUT2D eigenvalue weighted by Gasteiger charge is 2.40. The van der Waals surface area contributed by atoms with Crippen molar-refractivity contribution in [3.05, 3.63) is 83.4 Å². The normalized spacial score (nSPS) is 23.2. The summed E-state index contributed by atoms with van der Waals surface area (Å²) in [6.07, 6.45) is -0.495. The molecule has 61 heavy (non-hydrogen) atoms. The Morgan fingerprint density at radius 3 is 1.93 bits per heavy atom. The number of likely N-dealkylation sites (N-methyl/N-ethyl adjacent to an activating group) is 3. The number of methoxy groups -OCH3 is 3. The molecule has 0 spiro atoms. The third kappa shape index (κ3) is 10.9. The van der Waals surface area contributed by atoms with E-state index in [0.29, 0.717) is 39.7 Å². The van der Waals surface area contributed by atoms with Crippen molar-refractivity contribution in [1.82, 2.24) is 30.7 Å². The molecule has 6 bridgehead atoms. The van der Waals surface area contributed by atoms with Gasteiger partial charge in [-0.3, -0.25) is 33.6 Å². The third-order valence-corrected chi connectivity index (χ3v) is 11.1. The fourth-order valence-corrected chi connectivity index (χ4v) is 7.29. The molecule has 6 rings (SSSR count). The molecule has 3 aliphatic rings. The van der Waals surface area contributed by atoms with E-state index in [1.165, 1.54) is 66.1 Å². The SMILES string of the molecule is COC(=O)CC[C@@H]1NC(=O)[C@@H](C)NC(=O)[C@@H]2Cc3ccc(OC)c(c3)Oc3ccc(cc3)C[C@@H](C(=O)N2C)N(C)C(=O)[C@H](C)NC(=O)[C@H](Cc2ccc(OC)cc2)N(C)C1=O. The summed E-state index contributed by atoms with van der Waals surface area (Å²) in [7, 11) is 8.49. The zero-order valence-corrected chi connectivity index (χ0v) is 35.7. The van der Waals surface area contributed by atoms with E-state index in [2.05, 4.69) is 16.0 Å². The molecule has 6 atom stereocenters. The Morgan fingerprint density at radius 2 is 1.30 bits per heavy atom. The second kappa shape index (κ2) is 20.1. The molecule has 17 heteroatoms. The number of fused-ring (bicyclic) bond motifs is 2. The second-order valence-corrected chi connectivity index (χ2v) is 15.2. The number of benzene rings is 3. The highest BCUT2D eigenvalue weighted by Crippen LogP contribution is 2.34. The van der Waals surface area contributed by atoms with E-state index in [-0.39, 0.29) is 32.1 Å². The van der Waals surface area contributed by atoms with E-state index < -0.39 is 77.7 Å². The maximum atomic E-state index is 14.8. The number of carbonyl (C=O) groups is 7. The summed E-state index contributed by atoms with van der Waals surface area (Å²) < 4.78 is 21.8. The zero-order chi connectivity index (χ0) is 44.5. The summed E-state index contributed by atoms with van der Waals surface area (Å²) in [5.41, 5.74) is 1.90. The van der Waals surface area contributed by atoms with Crippen LogP contribution in [0, 0.1) is 0 Å². The Hall–Kier alpha value is -6.65. The molecule has 0 saturated carbocycles. The van der Waals surface area contributed by atoms with Crippen molar-refractivity contribution in [3.8, 4) is 23.0 Å². The van der Waals surface area contributed by atoms with Gasteiger partial charge in [-0.2, -0.15) is 0 Å². The van der Waals surface area contributed by atoms with Gasteiger partial charge in [0, 0.05) is 46.8 Å². The zero-order valence-electron chi connectivity index (χ0n) is 35.7. The van der Waals surface area contributed by atoms with Crippen molar-refractivity contribution >= 4 is 41.4 Å². The molecule has 0 aliphatic carbocycles. The van der Waals surface area contributed by atoms with Crippen LogP contribution in [0.2, 0.25) is 0 Å². The van der Waals surface area contributed by atoms with Gasteiger partial charge >= 0.3 is 5.97 Å². The van der Waals surface area contributed by atoms with Crippen molar-refractivity contribution < 1.29 is 52.5 Å². The number of ether oxygens (including phenoxy) is 4. The highest BCUT2D eigenvalue weighted by molar-refractivity contribution is 5.98. The maximum Gasteiger partial charge on any atom is 0.305 e. The predicted molar refractivity (Wildman–Crippen MR) is 222 cm³/mol. The van der Waals surface area contributed by atoms with Crippen LogP contribution < -0.4 is 30.2 Å². The standard InChI is InChI=1S/C44H54N6O11/c1-25-39(52)47-32(18-20-38(51)60-8)43(56)48(3)33(21-27-9-14-30(58-6)15-10-27)41(54)46-26(2)42(55)50(5)35-22-28-11-16-31(17-12-28)61-37-24-29(13-19-36(37)59-7)23-34(40(53)45-25)49(4)44(35)57/h9-17,19,24-26,32-35H,18,20-23H2,1-8H3,(H,45,53)(H,46,54)(H,47,52)/t25-,26+,32+,33+,34+,35+/m1/s1. The molecule has 326 valence electrons. The topological polar surface area (TPSA) is 202 Å². The van der Waals surface area contributed by atoms with Gasteiger partial charge < -0.3 is 49.6 Å². The number of hydrogen-bond donors (Lipinski definition) is 3. The largest absolute Gasteiger partial charge is 0.497 e. The Morgan fingerprint density at radius 1 is 0.672 bits per heavy atom. The fraction of sp³-hybridized carbons (Fsp3) is 0.432. The molecule has 3 aromatic rings. The molecule has 3 heterocycles. The van der Waals surface area contributed by atoms with Crippen LogP contribution in [0.15, 0.2) is 66.7 Å². The molecule has 3 aromatic carbocycles. The lowest BCUT2D eigenvalue weighted by molar-refractivity contribution is -0.149. The first kappa shape index (κ1) is 45.4. The number of carbonyl (C=O) groups excluding carboxylic acids is 7. The van der Waals surface area contributed by atoms with E-state index >= 15 is 0 Å². The van der Waals surface area contributed by atoms with Crippen LogP contribution in [0.1, 0.15) is 43.4 Å². The Balaban J connectivity index is 1.61. The van der Waals surface area contributed by atoms with Gasteiger partial charge in [-0.05, 0) is 73.4 Å². The van der Waals surface area contributed by atoms with Crippen LogP contribution in [0.4, 0.5) is 0 Å². The Kier molecular flexibility index (Phi) is 14.9. The van der Waals surface area contributed by atoms with Crippen LogP contribution in [-0.4, -0.2) is 135 Å². The number of rotatable bonds is 7. The number of nitrogens with one attached hydrogen (secondary N) is 3. The fourth-order valence-electron chi connectivity index (χ4n) is 7.29. The number of hydrogen-bond acceptors (Lipinski definition) is 11. The van der Waals surface area contributed by atoms with E-state index in [0.717, 1.165) is 4.90 Å². The molecule has 3 N–H and O–H groups in total. The van der Waals surface area contributed by atoms with Gasteiger partial charge in [0.05, 0.1) is 21.3 Å². The van der Waals surface area contributed by atoms with Crippen molar-refractivity contribution in [2.75, 3.05) is 42.5 Å². The monoisotopic (exact) mass is 842 g/mol. The molecular formula is C44H54N6O11. The molecule has 6 amide bonds. The van der Waals surface area contributed by atoms with E-state index in [4.69, 9.17) is 18.9 Å². The summed E-state index contributed by atoms with van der Waals surface area (Å²) in [5, 5.41) is 8.12. The molecule has 1 saturated heterocycles. The van der Waals surface area contributed by atoms with Crippen molar-refractivity contribution in [2.45, 2.75) is 82.2 Å². The van der Waals surface area contributed by atoms with Crippen molar-refractivity contribution in [1.29, 1.82) is 0 Å². The van der Waals surface area contributed by atoms with E-state index in [1.807, 2.05) is 0 Å². The van der Waals surface area contributed by atoms with Crippen LogP contribution >= 0.6 is 0 Å². The van der Waals surface area contributed by atoms with Crippen LogP contribution in [-0.2, 0) is 57.6 Å². The minimum absolute atomic E-state index is 0.0123. The Bertz CT molecular complexity index is 2110. The minimum atomic E-state index is -1.35. The first-order valence-corrected chi connectivity index (χ1v) is 19.9. The summed E-state index contributed by atoms with van der Waals surface area (Å²) in [6.45, 7) is 2.89. The van der Waals surface area contributed by atoms with Gasteiger partial charge in [-0.15, -0.1) is 0 Å². The average molecular weight is 843 g/mol. The molecule has 0 unspecified atom stereocenters. The molecule has 0 radical (unpaired) electrons. The molecule has 1 fully saturated rings. The third-order valence-electron chi connectivity index (χ3n) is 11.1. The molecule has 3 aliphatic heterocycles. The molecule has 0 aromatic heterocycles. The summed E-state index contributed by atoms with van der Waals surface area (Å²) in [6, 6.07) is 11.5. The van der Waals surface area contributed by atoms with Gasteiger partial charge in [-0.1, -0.05) is 30.3 Å². The predicted octanol–water partition coefficient (Wildman–Crippen LogP) is 1.78. The highest BCUT2D eigenvalue weighted by atomic mass is 16.5. The van der Waals surface area contributed by atoms with Crippen LogP contribution in [0.5, 0.6) is 23.0 Å². The van der Waals surface area contributed by atoms with Gasteiger partial charge in [0.2, 0.25) is 35.4 Å². The van der Waals surface area contributed by atoms with Crippen LogP contribution in [0.3, 0.4) is 0 Å². The van der Waals surface area contributed by atoms with Crippen LogP contribution in [0.25, 0.3) is 0 Å². The number of esters is 1. The second-order valence-electron chi connectivity index (χ2n) is 15.2. The van der Waals surface area contributed by atoms with Crippen molar-refractivity contribution in [3.63, 3.8) is 0 Å². The van der Waals surface area contributed by atoms with Gasteiger partial charge in [0.1, 0.15) is 47.8 Å². The average Bonchev–Trinajstić information content (AvgIpc) is 3.26. The first-order chi connectivity index (χ1) is 29.0. The summed E-state index contributed by atoms with van der Waals surface area (Å²) in [5.74, 6) is -2.86.